The van der Waals surface area contributed by atoms with Gasteiger partial charge in [0.1, 0.15) is 0 Å². The highest BCUT2D eigenvalue weighted by Crippen LogP contribution is 2.36. The molecule has 2 heterocycles. The largest absolute Gasteiger partial charge is 0.344 e. The van der Waals surface area contributed by atoms with E-state index in [0.29, 0.717) is 15.9 Å². The Morgan fingerprint density at radius 3 is 2.91 bits per heavy atom. The summed E-state index contributed by atoms with van der Waals surface area (Å²) < 4.78 is 1.59. The fourth-order valence-electron chi connectivity index (χ4n) is 1.99. The Morgan fingerprint density at radius 1 is 1.48 bits per heavy atom. The van der Waals surface area contributed by atoms with E-state index in [1.165, 1.54) is 17.8 Å². The van der Waals surface area contributed by atoms with Gasteiger partial charge in [-0.25, -0.2) is 14.9 Å². The molecule has 1 fully saturated rings. The maximum absolute atomic E-state index is 12.0. The lowest BCUT2D eigenvalue weighted by Crippen LogP contribution is -2.18. The van der Waals surface area contributed by atoms with Gasteiger partial charge in [-0.2, -0.15) is 0 Å². The Kier molecular flexibility index (Phi) is 4.65. The lowest BCUT2D eigenvalue weighted by Gasteiger charge is -2.08. The maximum Gasteiger partial charge on any atom is 0.344 e. The zero-order chi connectivity index (χ0) is 16.6. The molecule has 1 saturated carbocycles. The van der Waals surface area contributed by atoms with Gasteiger partial charge in [0.2, 0.25) is 5.91 Å². The molecule has 1 amide bonds. The van der Waals surface area contributed by atoms with Gasteiger partial charge in [-0.15, -0.1) is 5.10 Å². The van der Waals surface area contributed by atoms with Crippen LogP contribution < -0.4 is 11.0 Å². The van der Waals surface area contributed by atoms with E-state index in [2.05, 4.69) is 20.5 Å². The van der Waals surface area contributed by atoms with Gasteiger partial charge in [-0.1, -0.05) is 35.0 Å². The standard InChI is InChI=1S/C13H13Cl2N5O2S/c1-6-8(14)4-9(15)11(16-6)17-10(21)5-23-13-19-18-12(22)20(13)7-2-3-7/h4,7H,2-3,5H2,1H3,(H,18,22)(H,16,17,21). The molecule has 10 heteroatoms. The van der Waals surface area contributed by atoms with Crippen molar-refractivity contribution in [2.45, 2.75) is 31.0 Å². The number of rotatable bonds is 5. The molecule has 2 aromatic rings. The number of carbonyl (C=O) groups is 1. The number of H-pyrrole nitrogens is 1. The van der Waals surface area contributed by atoms with Crippen molar-refractivity contribution in [2.24, 2.45) is 0 Å². The number of thioether (sulfide) groups is 1. The summed E-state index contributed by atoms with van der Waals surface area (Å²) in [5.41, 5.74) is 0.335. The van der Waals surface area contributed by atoms with E-state index in [1.807, 2.05) is 0 Å². The fraction of sp³-hybridized carbons (Fsp3) is 0.385. The third-order valence-electron chi connectivity index (χ3n) is 3.28. The predicted molar refractivity (Wildman–Crippen MR) is 89.5 cm³/mol. The second kappa shape index (κ2) is 6.54. The number of carbonyl (C=O) groups excluding carboxylic acids is 1. The zero-order valence-corrected chi connectivity index (χ0v) is 14.4. The summed E-state index contributed by atoms with van der Waals surface area (Å²) in [5, 5.41) is 10.2. The van der Waals surface area contributed by atoms with Gasteiger partial charge < -0.3 is 5.32 Å². The van der Waals surface area contributed by atoms with Crippen LogP contribution in [0.2, 0.25) is 10.0 Å². The Bertz CT molecular complexity index is 815. The van der Waals surface area contributed by atoms with Crippen LogP contribution in [0.1, 0.15) is 24.6 Å². The van der Waals surface area contributed by atoms with E-state index in [9.17, 15) is 9.59 Å². The number of aryl methyl sites for hydroxylation is 1. The van der Waals surface area contributed by atoms with E-state index >= 15 is 0 Å². The topological polar surface area (TPSA) is 92.7 Å². The summed E-state index contributed by atoms with van der Waals surface area (Å²) in [4.78, 5) is 27.9. The highest BCUT2D eigenvalue weighted by atomic mass is 35.5. The Balaban J connectivity index is 1.64. The molecule has 122 valence electrons. The number of aromatic amines is 1. The number of anilines is 1. The number of pyridine rings is 1. The van der Waals surface area contributed by atoms with Crippen molar-refractivity contribution in [3.63, 3.8) is 0 Å². The Hall–Kier alpha value is -1.51. The summed E-state index contributed by atoms with van der Waals surface area (Å²) in [6.07, 6.45) is 1.92. The van der Waals surface area contributed by atoms with E-state index in [0.717, 1.165) is 12.8 Å². The van der Waals surface area contributed by atoms with E-state index < -0.39 is 0 Å². The average molecular weight is 374 g/mol. The number of hydrogen-bond acceptors (Lipinski definition) is 5. The first-order valence-electron chi connectivity index (χ1n) is 6.88. The highest BCUT2D eigenvalue weighted by Gasteiger charge is 2.28. The molecular formula is C13H13Cl2N5O2S. The van der Waals surface area contributed by atoms with Crippen LogP contribution in [-0.4, -0.2) is 31.4 Å². The van der Waals surface area contributed by atoms with Crippen molar-refractivity contribution in [1.29, 1.82) is 0 Å². The lowest BCUT2D eigenvalue weighted by molar-refractivity contribution is -0.113. The summed E-state index contributed by atoms with van der Waals surface area (Å²) in [6, 6.07) is 1.73. The van der Waals surface area contributed by atoms with Crippen molar-refractivity contribution in [1.82, 2.24) is 19.7 Å². The van der Waals surface area contributed by atoms with Crippen LogP contribution in [0.4, 0.5) is 5.82 Å². The molecule has 0 saturated heterocycles. The molecule has 0 radical (unpaired) electrons. The van der Waals surface area contributed by atoms with Crippen molar-refractivity contribution in [3.05, 3.63) is 32.3 Å². The summed E-state index contributed by atoms with van der Waals surface area (Å²) in [5.74, 6) is 0.0705. The number of aromatic nitrogens is 4. The number of amides is 1. The lowest BCUT2D eigenvalue weighted by atomic mass is 10.3. The van der Waals surface area contributed by atoms with E-state index in [1.54, 1.807) is 11.5 Å². The van der Waals surface area contributed by atoms with Crippen LogP contribution in [0.25, 0.3) is 0 Å². The molecule has 0 atom stereocenters. The first kappa shape index (κ1) is 16.4. The molecule has 2 aromatic heterocycles. The minimum absolute atomic E-state index is 0.0939. The van der Waals surface area contributed by atoms with Crippen LogP contribution in [0.15, 0.2) is 16.0 Å². The van der Waals surface area contributed by atoms with Crippen LogP contribution in [-0.2, 0) is 4.79 Å². The quantitative estimate of drug-likeness (QED) is 0.785. The maximum atomic E-state index is 12.0. The minimum atomic E-state index is -0.288. The normalized spacial score (nSPS) is 14.0. The van der Waals surface area contributed by atoms with E-state index in [-0.39, 0.29) is 34.2 Å². The van der Waals surface area contributed by atoms with Crippen LogP contribution in [0.3, 0.4) is 0 Å². The van der Waals surface area contributed by atoms with Crippen LogP contribution >= 0.6 is 35.0 Å². The first-order chi connectivity index (χ1) is 11.0. The Labute approximate surface area is 145 Å². The number of hydrogen-bond donors (Lipinski definition) is 2. The number of nitrogens with zero attached hydrogens (tertiary/aromatic N) is 3. The smallest absolute Gasteiger partial charge is 0.309 e. The fourth-order valence-corrected chi connectivity index (χ4v) is 3.21. The summed E-state index contributed by atoms with van der Waals surface area (Å²) >= 11 is 13.1. The van der Waals surface area contributed by atoms with Gasteiger partial charge in [0.05, 0.1) is 21.5 Å². The average Bonchev–Trinajstić information content (AvgIpc) is 3.26. The second-order valence-corrected chi connectivity index (χ2v) is 6.89. The first-order valence-corrected chi connectivity index (χ1v) is 8.62. The molecule has 2 N–H and O–H groups in total. The van der Waals surface area contributed by atoms with Crippen molar-refractivity contribution >= 4 is 46.7 Å². The minimum Gasteiger partial charge on any atom is -0.309 e. The molecule has 1 aliphatic carbocycles. The molecule has 23 heavy (non-hydrogen) atoms. The second-order valence-electron chi connectivity index (χ2n) is 5.14. The Morgan fingerprint density at radius 2 is 2.22 bits per heavy atom. The molecule has 0 aliphatic heterocycles. The van der Waals surface area contributed by atoms with Gasteiger partial charge in [-0.3, -0.25) is 9.36 Å². The van der Waals surface area contributed by atoms with Crippen molar-refractivity contribution in [3.8, 4) is 0 Å². The summed E-state index contributed by atoms with van der Waals surface area (Å²) in [6.45, 7) is 1.72. The van der Waals surface area contributed by atoms with Crippen molar-refractivity contribution in [2.75, 3.05) is 11.1 Å². The molecule has 0 aromatic carbocycles. The molecule has 0 bridgehead atoms. The molecular weight excluding hydrogens is 361 g/mol. The predicted octanol–water partition coefficient (Wildman–Crippen LogP) is 2.65. The monoisotopic (exact) mass is 373 g/mol. The van der Waals surface area contributed by atoms with Crippen LogP contribution in [0, 0.1) is 6.92 Å². The molecule has 0 spiro atoms. The van der Waals surface area contributed by atoms with E-state index in [4.69, 9.17) is 23.2 Å². The number of halogens is 2. The highest BCUT2D eigenvalue weighted by molar-refractivity contribution is 7.99. The third kappa shape index (κ3) is 3.70. The molecule has 3 rings (SSSR count). The SMILES string of the molecule is Cc1nc(NC(=O)CSc2n[nH]c(=O)n2C2CC2)c(Cl)cc1Cl. The summed E-state index contributed by atoms with van der Waals surface area (Å²) in [7, 11) is 0. The van der Waals surface area contributed by atoms with Crippen LogP contribution in [0.5, 0.6) is 0 Å². The van der Waals surface area contributed by atoms with Gasteiger partial charge in [-0.05, 0) is 25.8 Å². The van der Waals surface area contributed by atoms with Crippen molar-refractivity contribution < 1.29 is 4.79 Å². The zero-order valence-electron chi connectivity index (χ0n) is 12.1. The van der Waals surface area contributed by atoms with Gasteiger partial charge in [0.15, 0.2) is 11.0 Å². The number of nitrogens with one attached hydrogen (secondary N) is 2. The molecule has 1 aliphatic rings. The van der Waals surface area contributed by atoms with Gasteiger partial charge in [0.25, 0.3) is 0 Å². The van der Waals surface area contributed by atoms with Gasteiger partial charge >= 0.3 is 5.69 Å². The molecule has 7 nitrogen and oxygen atoms in total. The molecule has 0 unspecified atom stereocenters. The van der Waals surface area contributed by atoms with Gasteiger partial charge in [0, 0.05) is 6.04 Å². The third-order valence-corrected chi connectivity index (χ3v) is 4.90.